The number of unbranched alkanes of at least 4 members (excludes halogenated alkanes) is 1. The van der Waals surface area contributed by atoms with Crippen LogP contribution in [0.4, 0.5) is 5.82 Å². The molecule has 0 radical (unpaired) electrons. The van der Waals surface area contributed by atoms with Gasteiger partial charge in [0.15, 0.2) is 5.82 Å². The van der Waals surface area contributed by atoms with E-state index in [1.165, 1.54) is 0 Å². The Hall–Kier alpha value is -3.49. The lowest BCUT2D eigenvalue weighted by atomic mass is 10.1. The average molecular weight is 446 g/mol. The van der Waals surface area contributed by atoms with E-state index in [2.05, 4.69) is 19.3 Å². The highest BCUT2D eigenvalue weighted by molar-refractivity contribution is 7.89. The Kier molecular flexibility index (Phi) is 5.24. The Balaban J connectivity index is 1.27. The van der Waals surface area contributed by atoms with Gasteiger partial charge in [0.1, 0.15) is 5.52 Å². The van der Waals surface area contributed by atoms with Crippen LogP contribution in [0.1, 0.15) is 12.8 Å². The monoisotopic (exact) mass is 445 g/mol. The lowest BCUT2D eigenvalue weighted by Crippen LogP contribution is -2.25. The van der Waals surface area contributed by atoms with Crippen LogP contribution >= 0.6 is 0 Å². The molecule has 0 spiro atoms. The minimum absolute atomic E-state index is 0.311. The van der Waals surface area contributed by atoms with Crippen molar-refractivity contribution in [1.82, 2.24) is 19.3 Å². The van der Waals surface area contributed by atoms with Gasteiger partial charge in [-0.05, 0) is 30.4 Å². The number of para-hydroxylation sites is 1. The summed E-state index contributed by atoms with van der Waals surface area (Å²) >= 11 is 0. The van der Waals surface area contributed by atoms with Crippen molar-refractivity contribution in [3.63, 3.8) is 0 Å². The number of nitrogens with one attached hydrogen (secondary N) is 1. The van der Waals surface area contributed by atoms with Crippen molar-refractivity contribution >= 4 is 48.5 Å². The summed E-state index contributed by atoms with van der Waals surface area (Å²) in [4.78, 5) is 9.18. The molecule has 7 nitrogen and oxygen atoms in total. The standard InChI is InChI=1S/C24H23N5O2S/c25-24-22-23(19-11-3-4-12-20(19)28-24)29(16-26-22)15-6-5-14-27-32(30,31)21-13-7-9-17-8-1-2-10-18(17)21/h1-4,7-13,16,27H,5-6,14-15H2,(H2,25,28). The Morgan fingerprint density at radius 3 is 2.53 bits per heavy atom. The summed E-state index contributed by atoms with van der Waals surface area (Å²) in [5.74, 6) is 0.417. The smallest absolute Gasteiger partial charge is 0.241 e. The highest BCUT2D eigenvalue weighted by Crippen LogP contribution is 2.27. The maximum atomic E-state index is 12.8. The summed E-state index contributed by atoms with van der Waals surface area (Å²) in [7, 11) is -3.58. The van der Waals surface area contributed by atoms with Gasteiger partial charge in [0.05, 0.1) is 22.3 Å². The van der Waals surface area contributed by atoms with Gasteiger partial charge in [-0.1, -0.05) is 54.6 Å². The number of nitrogens with two attached hydrogens (primary N) is 1. The number of aromatic nitrogens is 3. The highest BCUT2D eigenvalue weighted by Gasteiger charge is 2.16. The van der Waals surface area contributed by atoms with Gasteiger partial charge in [-0.2, -0.15) is 0 Å². The van der Waals surface area contributed by atoms with Crippen LogP contribution in [-0.4, -0.2) is 29.5 Å². The minimum Gasteiger partial charge on any atom is -0.382 e. The zero-order valence-electron chi connectivity index (χ0n) is 17.4. The molecule has 0 aliphatic heterocycles. The van der Waals surface area contributed by atoms with Gasteiger partial charge >= 0.3 is 0 Å². The lowest BCUT2D eigenvalue weighted by Gasteiger charge is -2.10. The fourth-order valence-electron chi connectivity index (χ4n) is 4.10. The number of nitrogens with zero attached hydrogens (tertiary/aromatic N) is 3. The van der Waals surface area contributed by atoms with Crippen molar-refractivity contribution in [3.8, 4) is 0 Å². The van der Waals surface area contributed by atoms with Crippen molar-refractivity contribution in [3.05, 3.63) is 73.1 Å². The SMILES string of the molecule is Nc1nc2ccccc2c2c1ncn2CCCCNS(=O)(=O)c1cccc2ccccc12. The predicted molar refractivity (Wildman–Crippen MR) is 128 cm³/mol. The molecule has 2 aromatic heterocycles. The minimum atomic E-state index is -3.58. The van der Waals surface area contributed by atoms with Gasteiger partial charge in [-0.15, -0.1) is 0 Å². The van der Waals surface area contributed by atoms with E-state index in [0.717, 1.165) is 33.6 Å². The molecule has 0 saturated heterocycles. The van der Waals surface area contributed by atoms with E-state index in [-0.39, 0.29) is 0 Å². The Morgan fingerprint density at radius 1 is 0.906 bits per heavy atom. The Bertz CT molecular complexity index is 1540. The summed E-state index contributed by atoms with van der Waals surface area (Å²) in [6.07, 6.45) is 3.26. The normalized spacial score (nSPS) is 12.1. The molecule has 162 valence electrons. The van der Waals surface area contributed by atoms with Gasteiger partial charge in [0.2, 0.25) is 10.0 Å². The van der Waals surface area contributed by atoms with Gasteiger partial charge in [0, 0.05) is 23.9 Å². The van der Waals surface area contributed by atoms with E-state index < -0.39 is 10.0 Å². The fraction of sp³-hybridized carbons (Fsp3) is 0.167. The molecule has 0 atom stereocenters. The van der Waals surface area contributed by atoms with E-state index in [1.54, 1.807) is 18.5 Å². The van der Waals surface area contributed by atoms with Crippen LogP contribution < -0.4 is 10.5 Å². The highest BCUT2D eigenvalue weighted by atomic mass is 32.2. The quantitative estimate of drug-likeness (QED) is 0.368. The second kappa shape index (κ2) is 8.22. The number of nitrogen functional groups attached to an aromatic ring is 1. The van der Waals surface area contributed by atoms with Crippen LogP contribution in [0.3, 0.4) is 0 Å². The summed E-state index contributed by atoms with van der Waals surface area (Å²) < 4.78 is 30.5. The largest absolute Gasteiger partial charge is 0.382 e. The first-order chi connectivity index (χ1) is 15.5. The average Bonchev–Trinajstić information content (AvgIpc) is 3.23. The van der Waals surface area contributed by atoms with Crippen molar-refractivity contribution in [2.75, 3.05) is 12.3 Å². The number of rotatable bonds is 7. The third kappa shape index (κ3) is 3.68. The number of anilines is 1. The summed E-state index contributed by atoms with van der Waals surface area (Å²) in [6, 6.07) is 20.7. The molecule has 3 aromatic carbocycles. The van der Waals surface area contributed by atoms with Gasteiger partial charge < -0.3 is 10.3 Å². The molecule has 0 fully saturated rings. The second-order valence-corrected chi connectivity index (χ2v) is 9.47. The molecular weight excluding hydrogens is 422 g/mol. The molecule has 0 amide bonds. The van der Waals surface area contributed by atoms with Crippen LogP contribution in [0.5, 0.6) is 0 Å². The zero-order valence-corrected chi connectivity index (χ0v) is 18.2. The first-order valence-corrected chi connectivity index (χ1v) is 12.0. The molecule has 5 aromatic rings. The lowest BCUT2D eigenvalue weighted by molar-refractivity contribution is 0.569. The number of hydrogen-bond acceptors (Lipinski definition) is 5. The number of pyridine rings is 1. The number of sulfonamides is 1. The first kappa shape index (κ1) is 20.4. The molecule has 0 unspecified atom stereocenters. The van der Waals surface area contributed by atoms with Crippen LogP contribution in [0.2, 0.25) is 0 Å². The molecule has 5 rings (SSSR count). The topological polar surface area (TPSA) is 103 Å². The molecule has 0 aliphatic rings. The fourth-order valence-corrected chi connectivity index (χ4v) is 5.40. The molecule has 32 heavy (non-hydrogen) atoms. The molecule has 8 heteroatoms. The number of aryl methyl sites for hydroxylation is 1. The van der Waals surface area contributed by atoms with Gasteiger partial charge in [-0.25, -0.2) is 23.1 Å². The molecule has 0 bridgehead atoms. The van der Waals surface area contributed by atoms with Crippen LogP contribution in [-0.2, 0) is 16.6 Å². The second-order valence-electron chi connectivity index (χ2n) is 7.73. The molecular formula is C24H23N5O2S. The van der Waals surface area contributed by atoms with E-state index in [4.69, 9.17) is 5.73 Å². The summed E-state index contributed by atoms with van der Waals surface area (Å²) in [6.45, 7) is 1.07. The zero-order chi connectivity index (χ0) is 22.1. The number of imidazole rings is 1. The van der Waals surface area contributed by atoms with Crippen LogP contribution in [0, 0.1) is 0 Å². The van der Waals surface area contributed by atoms with Crippen molar-refractivity contribution < 1.29 is 8.42 Å². The Labute approximate surface area is 186 Å². The third-order valence-corrected chi connectivity index (χ3v) is 7.16. The molecule has 0 aliphatic carbocycles. The van der Waals surface area contributed by atoms with E-state index in [1.807, 2.05) is 54.6 Å². The van der Waals surface area contributed by atoms with Crippen LogP contribution in [0.15, 0.2) is 78.0 Å². The van der Waals surface area contributed by atoms with E-state index in [0.29, 0.717) is 35.7 Å². The maximum Gasteiger partial charge on any atom is 0.241 e. The number of hydrogen-bond donors (Lipinski definition) is 2. The number of benzene rings is 3. The maximum absolute atomic E-state index is 12.8. The summed E-state index contributed by atoms with van der Waals surface area (Å²) in [5, 5.41) is 2.64. The molecule has 2 heterocycles. The van der Waals surface area contributed by atoms with Gasteiger partial charge in [-0.3, -0.25) is 0 Å². The van der Waals surface area contributed by atoms with Crippen molar-refractivity contribution in [2.24, 2.45) is 0 Å². The predicted octanol–water partition coefficient (Wildman–Crippen LogP) is 4.08. The number of fused-ring (bicyclic) bond motifs is 4. The first-order valence-electron chi connectivity index (χ1n) is 10.5. The van der Waals surface area contributed by atoms with Gasteiger partial charge in [0.25, 0.3) is 0 Å². The van der Waals surface area contributed by atoms with E-state index in [9.17, 15) is 8.42 Å². The van der Waals surface area contributed by atoms with E-state index >= 15 is 0 Å². The molecule has 0 saturated carbocycles. The molecule has 3 N–H and O–H groups in total. The third-order valence-electron chi connectivity index (χ3n) is 5.64. The van der Waals surface area contributed by atoms with Crippen molar-refractivity contribution in [1.29, 1.82) is 0 Å². The Morgan fingerprint density at radius 2 is 1.66 bits per heavy atom. The summed E-state index contributed by atoms with van der Waals surface area (Å²) in [5.41, 5.74) is 8.58. The van der Waals surface area contributed by atoms with Crippen LogP contribution in [0.25, 0.3) is 32.7 Å². The van der Waals surface area contributed by atoms with Crippen molar-refractivity contribution in [2.45, 2.75) is 24.3 Å².